The molecule has 12 heteroatoms. The molecule has 1 amide bonds. The minimum Gasteiger partial charge on any atom is -0.480 e. The van der Waals surface area contributed by atoms with Gasteiger partial charge in [-0.15, -0.1) is 11.3 Å². The molecule has 3 aromatic rings. The number of nitrogens with zero attached hydrogens (tertiary/aromatic N) is 2. The number of carbonyl (C=O) groups is 2. The number of ether oxygens (including phenoxy) is 1. The number of carbonyl (C=O) groups excluding carboxylic acids is 1. The summed E-state index contributed by atoms with van der Waals surface area (Å²) in [5.74, 6) is -1.22. The summed E-state index contributed by atoms with van der Waals surface area (Å²) in [7, 11) is 0. The summed E-state index contributed by atoms with van der Waals surface area (Å²) in [5.41, 5.74) is 2.98. The summed E-state index contributed by atoms with van der Waals surface area (Å²) in [5, 5.41) is 24.1. The Hall–Kier alpha value is -2.83. The molecular weight excluding hydrogens is 546 g/mol. The first-order chi connectivity index (χ1) is 14.2. The second kappa shape index (κ2) is 9.32. The van der Waals surface area contributed by atoms with Crippen LogP contribution in [0.1, 0.15) is 15.2 Å². The van der Waals surface area contributed by atoms with Crippen molar-refractivity contribution in [2.24, 2.45) is 5.10 Å². The summed E-state index contributed by atoms with van der Waals surface area (Å²) in [4.78, 5) is 33.7. The lowest BCUT2D eigenvalue weighted by Gasteiger charge is -2.09. The van der Waals surface area contributed by atoms with Crippen molar-refractivity contribution < 1.29 is 24.4 Å². The average Bonchev–Trinajstić information content (AvgIpc) is 3.10. The second-order valence-electron chi connectivity index (χ2n) is 5.79. The average molecular weight is 557 g/mol. The molecule has 0 fully saturated rings. The number of non-ortho nitro benzene ring substituents is 1. The van der Waals surface area contributed by atoms with Crippen LogP contribution in [0, 0.1) is 10.1 Å². The lowest BCUT2D eigenvalue weighted by Crippen LogP contribution is -2.16. The van der Waals surface area contributed by atoms with Gasteiger partial charge in [-0.25, -0.2) is 10.2 Å². The molecule has 1 heterocycles. The van der Waals surface area contributed by atoms with Crippen molar-refractivity contribution in [1.82, 2.24) is 5.43 Å². The molecule has 0 aliphatic heterocycles. The van der Waals surface area contributed by atoms with Gasteiger partial charge in [-0.3, -0.25) is 14.9 Å². The zero-order valence-electron chi connectivity index (χ0n) is 14.8. The van der Waals surface area contributed by atoms with Crippen LogP contribution in [0.5, 0.6) is 5.75 Å². The van der Waals surface area contributed by atoms with Crippen molar-refractivity contribution in [2.45, 2.75) is 0 Å². The molecular formula is C18H11Br2N3O6S. The standard InChI is InChI=1S/C18H11Br2N3O6S/c19-12-3-9(4-13(20)17(12)29-8-16(24)25)7-21-22-18(26)15-6-10-5-11(23(27)28)1-2-14(10)30-15/h1-7H,8H2,(H,22,26)(H,24,25)/b21-7-. The van der Waals surface area contributed by atoms with Crippen molar-refractivity contribution >= 4 is 77.1 Å². The predicted molar refractivity (Wildman–Crippen MR) is 119 cm³/mol. The number of hydrogen-bond acceptors (Lipinski definition) is 7. The van der Waals surface area contributed by atoms with Crippen LogP contribution in [0.2, 0.25) is 0 Å². The highest BCUT2D eigenvalue weighted by atomic mass is 79.9. The van der Waals surface area contributed by atoms with Gasteiger partial charge < -0.3 is 9.84 Å². The largest absolute Gasteiger partial charge is 0.480 e. The molecule has 0 radical (unpaired) electrons. The Morgan fingerprint density at radius 3 is 2.57 bits per heavy atom. The van der Waals surface area contributed by atoms with Gasteiger partial charge in [0.05, 0.1) is 25.0 Å². The summed E-state index contributed by atoms with van der Waals surface area (Å²) in [6.45, 7) is -0.487. The number of halogens is 2. The Morgan fingerprint density at radius 1 is 1.23 bits per heavy atom. The predicted octanol–water partition coefficient (Wildman–Crippen LogP) is 4.56. The highest BCUT2D eigenvalue weighted by molar-refractivity contribution is 9.11. The Bertz CT molecular complexity index is 1170. The third-order valence-electron chi connectivity index (χ3n) is 3.67. The van der Waals surface area contributed by atoms with Crippen molar-refractivity contribution in [3.8, 4) is 5.75 Å². The maximum atomic E-state index is 12.3. The summed E-state index contributed by atoms with van der Waals surface area (Å²) in [6, 6.07) is 9.26. The van der Waals surface area contributed by atoms with Crippen LogP contribution < -0.4 is 10.2 Å². The zero-order chi connectivity index (χ0) is 21.8. The van der Waals surface area contributed by atoms with Crippen molar-refractivity contribution in [3.05, 3.63) is 65.9 Å². The fourth-order valence-electron chi connectivity index (χ4n) is 2.40. The Labute approximate surface area is 189 Å². The van der Waals surface area contributed by atoms with Crippen LogP contribution in [-0.4, -0.2) is 34.7 Å². The number of rotatable bonds is 7. The highest BCUT2D eigenvalue weighted by Gasteiger charge is 2.13. The number of aliphatic carboxylic acids is 1. The van der Waals surface area contributed by atoms with E-state index < -0.39 is 23.4 Å². The van der Waals surface area contributed by atoms with Gasteiger partial charge in [-0.2, -0.15) is 5.10 Å². The third kappa shape index (κ3) is 5.20. The molecule has 0 bridgehead atoms. The molecule has 3 rings (SSSR count). The maximum Gasteiger partial charge on any atom is 0.341 e. The van der Waals surface area contributed by atoms with E-state index in [2.05, 4.69) is 42.4 Å². The quantitative estimate of drug-likeness (QED) is 0.249. The van der Waals surface area contributed by atoms with Crippen LogP contribution in [0.4, 0.5) is 5.69 Å². The Kier molecular flexibility index (Phi) is 6.80. The monoisotopic (exact) mass is 555 g/mol. The van der Waals surface area contributed by atoms with Gasteiger partial charge in [-0.05, 0) is 61.7 Å². The molecule has 2 N–H and O–H groups in total. The van der Waals surface area contributed by atoms with Crippen LogP contribution in [0.3, 0.4) is 0 Å². The van der Waals surface area contributed by atoms with Gasteiger partial charge in [-0.1, -0.05) is 0 Å². The molecule has 0 atom stereocenters. The third-order valence-corrected chi connectivity index (χ3v) is 5.97. The summed E-state index contributed by atoms with van der Waals surface area (Å²) in [6.07, 6.45) is 1.41. The van der Waals surface area contributed by atoms with E-state index in [1.807, 2.05) is 0 Å². The highest BCUT2D eigenvalue weighted by Crippen LogP contribution is 2.34. The number of benzene rings is 2. The normalized spacial score (nSPS) is 11.0. The molecule has 0 spiro atoms. The number of thiophene rings is 1. The molecule has 154 valence electrons. The summed E-state index contributed by atoms with van der Waals surface area (Å²) < 4.78 is 6.96. The lowest BCUT2D eigenvalue weighted by molar-refractivity contribution is -0.384. The molecule has 1 aromatic heterocycles. The SMILES string of the molecule is O=C(O)COc1c(Br)cc(/C=N\NC(=O)c2cc3cc([N+](=O)[O-])ccc3s2)cc1Br. The van der Waals surface area contributed by atoms with E-state index in [0.717, 1.165) is 4.70 Å². The van der Waals surface area contributed by atoms with E-state index in [-0.39, 0.29) is 5.69 Å². The number of fused-ring (bicyclic) bond motifs is 1. The van der Waals surface area contributed by atoms with E-state index >= 15 is 0 Å². The van der Waals surface area contributed by atoms with Gasteiger partial charge in [0.2, 0.25) is 0 Å². The molecule has 2 aromatic carbocycles. The number of carboxylic acids is 1. The lowest BCUT2D eigenvalue weighted by atomic mass is 10.2. The fourth-order valence-corrected chi connectivity index (χ4v) is 4.79. The fraction of sp³-hybridized carbons (Fsp3) is 0.0556. The van der Waals surface area contributed by atoms with Gasteiger partial charge in [0.15, 0.2) is 6.61 Å². The first kappa shape index (κ1) is 21.9. The van der Waals surface area contributed by atoms with E-state index in [4.69, 9.17) is 9.84 Å². The van der Waals surface area contributed by atoms with Crippen molar-refractivity contribution in [1.29, 1.82) is 0 Å². The van der Waals surface area contributed by atoms with Crippen LogP contribution in [0.25, 0.3) is 10.1 Å². The van der Waals surface area contributed by atoms with E-state index in [9.17, 15) is 19.7 Å². The Balaban J connectivity index is 1.70. The smallest absolute Gasteiger partial charge is 0.341 e. The van der Waals surface area contributed by atoms with E-state index in [1.165, 1.54) is 29.7 Å². The van der Waals surface area contributed by atoms with E-state index in [0.29, 0.717) is 30.5 Å². The number of hydrazone groups is 1. The molecule has 0 saturated heterocycles. The van der Waals surface area contributed by atoms with Gasteiger partial charge in [0.25, 0.3) is 11.6 Å². The van der Waals surface area contributed by atoms with Crippen LogP contribution in [-0.2, 0) is 4.79 Å². The topological polar surface area (TPSA) is 131 Å². The molecule has 9 nitrogen and oxygen atoms in total. The minimum atomic E-state index is -1.10. The molecule has 30 heavy (non-hydrogen) atoms. The molecule has 0 saturated carbocycles. The first-order valence-electron chi connectivity index (χ1n) is 8.09. The summed E-state index contributed by atoms with van der Waals surface area (Å²) >= 11 is 7.79. The molecule has 0 unspecified atom stereocenters. The van der Waals surface area contributed by atoms with E-state index in [1.54, 1.807) is 24.3 Å². The van der Waals surface area contributed by atoms with Crippen LogP contribution >= 0.6 is 43.2 Å². The molecule has 0 aliphatic rings. The number of hydrogen-bond donors (Lipinski definition) is 2. The number of nitrogens with one attached hydrogen (secondary N) is 1. The van der Waals surface area contributed by atoms with Crippen molar-refractivity contribution in [3.63, 3.8) is 0 Å². The number of amides is 1. The number of nitro benzene ring substituents is 1. The second-order valence-corrected chi connectivity index (χ2v) is 8.58. The first-order valence-corrected chi connectivity index (χ1v) is 10.5. The van der Waals surface area contributed by atoms with Crippen molar-refractivity contribution in [2.75, 3.05) is 6.61 Å². The van der Waals surface area contributed by atoms with Gasteiger partial charge >= 0.3 is 5.97 Å². The maximum absolute atomic E-state index is 12.3. The Morgan fingerprint density at radius 2 is 1.93 bits per heavy atom. The molecule has 0 aliphatic carbocycles. The van der Waals surface area contributed by atoms with Gasteiger partial charge in [0, 0.05) is 22.2 Å². The van der Waals surface area contributed by atoms with Crippen LogP contribution in [0.15, 0.2) is 50.4 Å². The zero-order valence-corrected chi connectivity index (χ0v) is 18.8. The number of carboxylic acid groups (broad SMARTS) is 1. The minimum absolute atomic E-state index is 0.0442. The number of nitro groups is 1. The van der Waals surface area contributed by atoms with Gasteiger partial charge in [0.1, 0.15) is 5.75 Å².